The molecule has 1 saturated heterocycles. The number of ether oxygens (including phenoxy) is 6. The summed E-state index contributed by atoms with van der Waals surface area (Å²) < 4.78 is 30.0. The van der Waals surface area contributed by atoms with Gasteiger partial charge in [-0.3, -0.25) is 14.5 Å². The summed E-state index contributed by atoms with van der Waals surface area (Å²) in [7, 11) is 3.29. The number of allylic oxidation sites excluding steroid dienone is 2. The van der Waals surface area contributed by atoms with Crippen molar-refractivity contribution >= 4 is 23.9 Å². The Labute approximate surface area is 321 Å². The average molecular weight is 755 g/mol. The summed E-state index contributed by atoms with van der Waals surface area (Å²) in [6.45, 7) is 10.00. The van der Waals surface area contributed by atoms with Gasteiger partial charge in [0.15, 0.2) is 0 Å². The van der Waals surface area contributed by atoms with Crippen molar-refractivity contribution in [1.82, 2.24) is 4.90 Å². The van der Waals surface area contributed by atoms with Gasteiger partial charge < -0.3 is 34.2 Å². The van der Waals surface area contributed by atoms with Crippen molar-refractivity contribution < 1.29 is 47.6 Å². The second kappa shape index (κ2) is 29.7. The van der Waals surface area contributed by atoms with Crippen LogP contribution in [0.1, 0.15) is 90.2 Å². The van der Waals surface area contributed by atoms with E-state index in [2.05, 4.69) is 4.90 Å². The highest BCUT2D eigenvalue weighted by atomic mass is 16.5. The summed E-state index contributed by atoms with van der Waals surface area (Å²) in [5, 5.41) is 0. The Morgan fingerprint density at radius 3 is 1.43 bits per heavy atom. The molecule has 0 aliphatic carbocycles. The zero-order valence-corrected chi connectivity index (χ0v) is 33.1. The van der Waals surface area contributed by atoms with Gasteiger partial charge in [-0.2, -0.15) is 0 Å². The number of carbonyl (C=O) groups excluding carboxylic acids is 4. The lowest BCUT2D eigenvalue weighted by atomic mass is 9.91. The van der Waals surface area contributed by atoms with Crippen molar-refractivity contribution in [2.75, 3.05) is 40.6 Å². The number of benzene rings is 2. The lowest BCUT2D eigenvalue weighted by Crippen LogP contribution is -2.48. The number of piperidine rings is 1. The van der Waals surface area contributed by atoms with Crippen LogP contribution >= 0.6 is 0 Å². The lowest BCUT2D eigenvalue weighted by Gasteiger charge is -2.41. The Hall–Kier alpha value is -4.68. The van der Waals surface area contributed by atoms with Gasteiger partial charge in [0.1, 0.15) is 11.5 Å². The van der Waals surface area contributed by atoms with E-state index in [9.17, 15) is 19.2 Å². The minimum atomic E-state index is -0.311. The summed E-state index contributed by atoms with van der Waals surface area (Å²) in [6, 6.07) is 15.8. The molecule has 1 fully saturated rings. The number of nitrogens with two attached hydrogens (primary N) is 1. The molecular weight excluding hydrogens is 692 g/mol. The van der Waals surface area contributed by atoms with Crippen molar-refractivity contribution in [3.63, 3.8) is 0 Å². The van der Waals surface area contributed by atoms with Crippen molar-refractivity contribution in [3.8, 4) is 11.5 Å². The molecule has 2 N–H and O–H groups in total. The average Bonchev–Trinajstić information content (AvgIpc) is 3.17. The monoisotopic (exact) mass is 754 g/mol. The Morgan fingerprint density at radius 2 is 1.06 bits per heavy atom. The summed E-state index contributed by atoms with van der Waals surface area (Å²) in [5.41, 5.74) is 7.65. The molecule has 300 valence electrons. The van der Waals surface area contributed by atoms with Gasteiger partial charge in [-0.1, -0.05) is 42.8 Å². The van der Waals surface area contributed by atoms with Crippen LogP contribution < -0.4 is 15.2 Å². The van der Waals surface area contributed by atoms with Gasteiger partial charge in [-0.15, -0.1) is 0 Å². The van der Waals surface area contributed by atoms with Crippen molar-refractivity contribution in [2.45, 2.75) is 104 Å². The van der Waals surface area contributed by atoms with Crippen LogP contribution in [0.15, 0.2) is 72.8 Å². The van der Waals surface area contributed by atoms with Crippen LogP contribution in [0.3, 0.4) is 0 Å². The van der Waals surface area contributed by atoms with E-state index in [0.29, 0.717) is 52.4 Å². The number of carbonyl (C=O) groups is 4. The highest BCUT2D eigenvalue weighted by Crippen LogP contribution is 2.30. The van der Waals surface area contributed by atoms with E-state index >= 15 is 0 Å². The second-order valence-electron chi connectivity index (χ2n) is 12.1. The molecule has 0 amide bonds. The first-order valence-corrected chi connectivity index (χ1v) is 18.8. The number of unbranched alkanes of at least 4 members (excludes halogenated alkanes) is 2. The third-order valence-electron chi connectivity index (χ3n) is 8.17. The molecule has 2 aromatic rings. The fourth-order valence-electron chi connectivity index (χ4n) is 5.54. The third kappa shape index (κ3) is 21.1. The van der Waals surface area contributed by atoms with E-state index in [1.54, 1.807) is 40.2 Å². The molecule has 0 radical (unpaired) electrons. The molecule has 2 unspecified atom stereocenters. The van der Waals surface area contributed by atoms with E-state index in [1.807, 2.05) is 62.4 Å². The predicted molar refractivity (Wildman–Crippen MR) is 209 cm³/mol. The third-order valence-corrected chi connectivity index (χ3v) is 8.17. The van der Waals surface area contributed by atoms with Crippen LogP contribution in [-0.4, -0.2) is 81.5 Å². The van der Waals surface area contributed by atoms with Crippen molar-refractivity contribution in [2.24, 2.45) is 5.73 Å². The van der Waals surface area contributed by atoms with Gasteiger partial charge in [-0.05, 0) is 95.2 Å². The number of nitrogens with zero attached hydrogens (tertiary/aromatic N) is 1. The summed E-state index contributed by atoms with van der Waals surface area (Å²) >= 11 is 0. The van der Waals surface area contributed by atoms with Gasteiger partial charge in [0.2, 0.25) is 0 Å². The summed E-state index contributed by atoms with van der Waals surface area (Å²) in [6.07, 6.45) is 12.4. The van der Waals surface area contributed by atoms with Crippen LogP contribution in [0.2, 0.25) is 0 Å². The fraction of sp³-hybridized carbons (Fsp3) is 0.524. The molecule has 0 aromatic heterocycles. The van der Waals surface area contributed by atoms with Crippen LogP contribution in [0.25, 0.3) is 0 Å². The van der Waals surface area contributed by atoms with E-state index in [4.69, 9.17) is 34.2 Å². The topological polar surface area (TPSA) is 153 Å². The Balaban J connectivity index is 0.000000458. The molecule has 3 rings (SSSR count). The van der Waals surface area contributed by atoms with Crippen molar-refractivity contribution in [3.05, 3.63) is 84.0 Å². The number of likely N-dealkylation sites (tertiary alicyclic amines) is 1. The van der Waals surface area contributed by atoms with E-state index in [0.717, 1.165) is 61.2 Å². The minimum absolute atomic E-state index is 0.0688. The molecule has 1 aliphatic rings. The van der Waals surface area contributed by atoms with Gasteiger partial charge in [0.05, 0.1) is 53.5 Å². The zero-order valence-electron chi connectivity index (χ0n) is 33.1. The fourth-order valence-corrected chi connectivity index (χ4v) is 5.54. The first-order valence-electron chi connectivity index (χ1n) is 18.8. The first-order chi connectivity index (χ1) is 26.1. The van der Waals surface area contributed by atoms with Crippen LogP contribution in [-0.2, 0) is 51.2 Å². The minimum Gasteiger partial charge on any atom is -0.497 e. The molecule has 0 spiro atoms. The van der Waals surface area contributed by atoms with E-state index in [-0.39, 0.29) is 36.0 Å². The van der Waals surface area contributed by atoms with Gasteiger partial charge in [0, 0.05) is 37.3 Å². The smallest absolute Gasteiger partial charge is 0.330 e. The molecular formula is C42H62N2O10. The highest BCUT2D eigenvalue weighted by Gasteiger charge is 2.33. The zero-order chi connectivity index (χ0) is 40.0. The normalized spacial score (nSPS) is 15.2. The maximum absolute atomic E-state index is 12.1. The van der Waals surface area contributed by atoms with Gasteiger partial charge in [-0.25, -0.2) is 9.59 Å². The van der Waals surface area contributed by atoms with Crippen molar-refractivity contribution in [1.29, 1.82) is 0 Å². The number of rotatable bonds is 19. The molecule has 2 atom stereocenters. The molecule has 12 nitrogen and oxygen atoms in total. The first kappa shape index (κ1) is 47.3. The van der Waals surface area contributed by atoms with Gasteiger partial charge >= 0.3 is 23.9 Å². The molecule has 0 bridgehead atoms. The SMILES string of the molecule is CCOC(=O)/C=C/CCC/C=C/C(=O)OCC.CCOC(=O)CC1CCCC(CC(=O)OCC)N1Cc1ccc(OC)cc1.COc1ccc(CN)cc1. The Morgan fingerprint density at radius 1 is 0.648 bits per heavy atom. The maximum atomic E-state index is 12.1. The van der Waals surface area contributed by atoms with Crippen LogP contribution in [0.4, 0.5) is 0 Å². The van der Waals surface area contributed by atoms with E-state index in [1.165, 1.54) is 12.2 Å². The number of methoxy groups -OCH3 is 2. The molecule has 1 aliphatic heterocycles. The molecule has 1 heterocycles. The summed E-state index contributed by atoms with van der Waals surface area (Å²) in [4.78, 5) is 48.2. The van der Waals surface area contributed by atoms with Crippen LogP contribution in [0.5, 0.6) is 11.5 Å². The predicted octanol–water partition coefficient (Wildman–Crippen LogP) is 6.87. The quantitative estimate of drug-likeness (QED) is 0.0689. The Bertz CT molecular complexity index is 1310. The second-order valence-corrected chi connectivity index (χ2v) is 12.1. The standard InChI is InChI=1S/C21H31NO5.C13H20O4.C8H11NO/c1-4-26-20(23)13-17-7-6-8-18(14-21(24)27-5-2)22(17)15-16-9-11-19(25-3)12-10-16;1-3-16-12(14)10-8-6-5-7-9-11-13(15)17-4-2;1-10-8-4-2-7(6-9)3-5-8/h9-12,17-18H,4-8,13-15H2,1-3H3;8-11H,3-7H2,1-2H3;2-5H,6,9H2,1H3/b;10-8+,11-9+;. The molecule has 0 saturated carbocycles. The summed E-state index contributed by atoms with van der Waals surface area (Å²) in [5.74, 6) is 0.697. The lowest BCUT2D eigenvalue weighted by molar-refractivity contribution is -0.147. The molecule has 12 heteroatoms. The Kier molecular flexibility index (Phi) is 26.1. The number of esters is 4. The van der Waals surface area contributed by atoms with Gasteiger partial charge in [0.25, 0.3) is 0 Å². The van der Waals surface area contributed by atoms with Crippen LogP contribution in [0, 0.1) is 0 Å². The number of hydrogen-bond donors (Lipinski definition) is 1. The number of hydrogen-bond acceptors (Lipinski definition) is 12. The largest absolute Gasteiger partial charge is 0.497 e. The molecule has 2 aromatic carbocycles. The molecule has 54 heavy (non-hydrogen) atoms. The maximum Gasteiger partial charge on any atom is 0.330 e. The highest BCUT2D eigenvalue weighted by molar-refractivity contribution is 5.82. The van der Waals surface area contributed by atoms with E-state index < -0.39 is 0 Å².